The van der Waals surface area contributed by atoms with Gasteiger partial charge in [-0.1, -0.05) is 46.3 Å². The Kier molecular flexibility index (Phi) is 3.62. The van der Waals surface area contributed by atoms with Gasteiger partial charge in [0.2, 0.25) is 0 Å². The molecule has 0 spiro atoms. The number of ether oxygens (including phenoxy) is 1. The molecule has 2 nitrogen and oxygen atoms in total. The number of esters is 1. The summed E-state index contributed by atoms with van der Waals surface area (Å²) in [6.07, 6.45) is 0.699. The molecule has 20 heavy (non-hydrogen) atoms. The third-order valence-corrected chi connectivity index (χ3v) is 4.18. The predicted octanol–water partition coefficient (Wildman–Crippen LogP) is 4.32. The number of hydrogen-bond acceptors (Lipinski definition) is 2. The van der Waals surface area contributed by atoms with E-state index in [1.807, 2.05) is 31.2 Å². The lowest BCUT2D eigenvalue weighted by Gasteiger charge is -2.26. The minimum absolute atomic E-state index is 0.134. The normalized spacial score (nSPS) is 16.2. The highest BCUT2D eigenvalue weighted by Gasteiger charge is 2.30. The van der Waals surface area contributed by atoms with Gasteiger partial charge >= 0.3 is 5.97 Å². The zero-order valence-electron chi connectivity index (χ0n) is 11.2. The number of carbonyl (C=O) groups excluding carboxylic acids is 1. The van der Waals surface area contributed by atoms with Gasteiger partial charge < -0.3 is 4.74 Å². The molecule has 3 rings (SSSR count). The van der Waals surface area contributed by atoms with Gasteiger partial charge in [0.25, 0.3) is 0 Å². The van der Waals surface area contributed by atoms with Crippen LogP contribution >= 0.6 is 15.9 Å². The number of halogens is 1. The van der Waals surface area contributed by atoms with E-state index in [1.54, 1.807) is 0 Å². The lowest BCUT2D eigenvalue weighted by molar-refractivity contribution is -0.145. The summed E-state index contributed by atoms with van der Waals surface area (Å²) in [6, 6.07) is 14.3. The molecular weight excluding hydrogens is 316 g/mol. The summed E-state index contributed by atoms with van der Waals surface area (Å²) in [5, 5.41) is 0. The van der Waals surface area contributed by atoms with Crippen LogP contribution in [0.4, 0.5) is 0 Å². The summed E-state index contributed by atoms with van der Waals surface area (Å²) in [4.78, 5) is 12.2. The fourth-order valence-electron chi connectivity index (χ4n) is 2.82. The van der Waals surface area contributed by atoms with E-state index in [0.717, 1.165) is 15.6 Å². The zero-order valence-corrected chi connectivity index (χ0v) is 12.8. The van der Waals surface area contributed by atoms with E-state index in [1.165, 1.54) is 11.1 Å². The van der Waals surface area contributed by atoms with Crippen molar-refractivity contribution in [3.8, 4) is 11.1 Å². The minimum atomic E-state index is -0.201. The quantitative estimate of drug-likeness (QED) is 0.766. The minimum Gasteiger partial charge on any atom is -0.466 e. The van der Waals surface area contributed by atoms with Crippen LogP contribution in [0.5, 0.6) is 0 Å². The number of benzene rings is 2. The van der Waals surface area contributed by atoms with Crippen LogP contribution in [0.2, 0.25) is 0 Å². The third kappa shape index (κ3) is 2.27. The first-order valence-electron chi connectivity index (χ1n) is 6.75. The lowest BCUT2D eigenvalue weighted by Crippen LogP contribution is -2.22. The molecule has 0 radical (unpaired) electrons. The Morgan fingerprint density at radius 2 is 2.05 bits per heavy atom. The van der Waals surface area contributed by atoms with Gasteiger partial charge in [-0.2, -0.15) is 0 Å². The molecule has 1 atom stereocenters. The second-order valence-electron chi connectivity index (χ2n) is 4.90. The van der Waals surface area contributed by atoms with Crippen LogP contribution in [0.3, 0.4) is 0 Å². The maximum Gasteiger partial charge on any atom is 0.313 e. The average Bonchev–Trinajstić information content (AvgIpc) is 2.46. The predicted molar refractivity (Wildman–Crippen MR) is 82.7 cm³/mol. The topological polar surface area (TPSA) is 26.3 Å². The van der Waals surface area contributed by atoms with Gasteiger partial charge in [0.15, 0.2) is 0 Å². The number of rotatable bonds is 2. The molecule has 1 aliphatic rings. The Bertz CT molecular complexity index is 664. The van der Waals surface area contributed by atoms with E-state index in [2.05, 4.69) is 34.1 Å². The average molecular weight is 331 g/mol. The molecule has 2 aromatic rings. The van der Waals surface area contributed by atoms with Gasteiger partial charge in [0.1, 0.15) is 0 Å². The molecule has 0 saturated heterocycles. The van der Waals surface area contributed by atoms with Crippen molar-refractivity contribution in [3.63, 3.8) is 0 Å². The van der Waals surface area contributed by atoms with E-state index < -0.39 is 0 Å². The van der Waals surface area contributed by atoms with E-state index in [-0.39, 0.29) is 11.9 Å². The summed E-state index contributed by atoms with van der Waals surface area (Å²) < 4.78 is 6.27. The molecule has 1 unspecified atom stereocenters. The van der Waals surface area contributed by atoms with Crippen molar-refractivity contribution in [1.82, 2.24) is 0 Å². The van der Waals surface area contributed by atoms with Gasteiger partial charge in [-0.25, -0.2) is 0 Å². The van der Waals surface area contributed by atoms with Crippen molar-refractivity contribution < 1.29 is 9.53 Å². The molecule has 0 aliphatic heterocycles. The molecular formula is C17H15BrO2. The summed E-state index contributed by atoms with van der Waals surface area (Å²) in [6.45, 7) is 2.26. The summed E-state index contributed by atoms with van der Waals surface area (Å²) >= 11 is 3.50. The Morgan fingerprint density at radius 1 is 1.25 bits per heavy atom. The highest BCUT2D eigenvalue weighted by Crippen LogP contribution is 2.40. The molecule has 0 fully saturated rings. The third-order valence-electron chi connectivity index (χ3n) is 3.69. The Morgan fingerprint density at radius 3 is 2.85 bits per heavy atom. The highest BCUT2D eigenvalue weighted by molar-refractivity contribution is 9.10. The second-order valence-corrected chi connectivity index (χ2v) is 5.81. The summed E-state index contributed by atoms with van der Waals surface area (Å²) in [5.74, 6) is -0.335. The first-order chi connectivity index (χ1) is 9.70. The monoisotopic (exact) mass is 330 g/mol. The van der Waals surface area contributed by atoms with Crippen LogP contribution < -0.4 is 0 Å². The molecule has 0 amide bonds. The fraction of sp³-hybridized carbons (Fsp3) is 0.235. The maximum atomic E-state index is 12.2. The molecule has 102 valence electrons. The van der Waals surface area contributed by atoms with Crippen LogP contribution in [-0.2, 0) is 16.0 Å². The van der Waals surface area contributed by atoms with E-state index in [4.69, 9.17) is 4.74 Å². The largest absolute Gasteiger partial charge is 0.466 e. The summed E-state index contributed by atoms with van der Waals surface area (Å²) in [7, 11) is 0. The van der Waals surface area contributed by atoms with Crippen molar-refractivity contribution in [3.05, 3.63) is 58.1 Å². The second kappa shape index (κ2) is 5.41. The molecule has 0 bridgehead atoms. The number of fused-ring (bicyclic) bond motifs is 3. The van der Waals surface area contributed by atoms with Crippen molar-refractivity contribution >= 4 is 21.9 Å². The standard InChI is InChI=1S/C17H15BrO2/c1-2-20-17(19)16-10-11-9-12(18)7-8-13(11)14-5-3-4-6-15(14)16/h3-9,16H,2,10H2,1H3. The zero-order chi connectivity index (χ0) is 14.1. The first-order valence-corrected chi connectivity index (χ1v) is 7.54. The van der Waals surface area contributed by atoms with Crippen LogP contribution in [0.25, 0.3) is 11.1 Å². The Balaban J connectivity index is 2.13. The van der Waals surface area contributed by atoms with E-state index >= 15 is 0 Å². The van der Waals surface area contributed by atoms with Gasteiger partial charge in [-0.05, 0) is 47.7 Å². The summed E-state index contributed by atoms with van der Waals surface area (Å²) in [5.41, 5.74) is 4.61. The van der Waals surface area contributed by atoms with Crippen LogP contribution in [0.1, 0.15) is 24.0 Å². The van der Waals surface area contributed by atoms with Crippen LogP contribution in [0.15, 0.2) is 46.9 Å². The molecule has 3 heteroatoms. The molecule has 0 heterocycles. The lowest BCUT2D eigenvalue weighted by atomic mass is 9.79. The Labute approximate surface area is 126 Å². The molecule has 1 aliphatic carbocycles. The van der Waals surface area contributed by atoms with Crippen LogP contribution in [-0.4, -0.2) is 12.6 Å². The SMILES string of the molecule is CCOC(=O)C1Cc2cc(Br)ccc2-c2ccccc21. The molecule has 2 aromatic carbocycles. The molecule has 0 N–H and O–H groups in total. The van der Waals surface area contributed by atoms with Crippen molar-refractivity contribution in [2.75, 3.05) is 6.61 Å². The van der Waals surface area contributed by atoms with E-state index in [0.29, 0.717) is 13.0 Å². The highest BCUT2D eigenvalue weighted by atomic mass is 79.9. The van der Waals surface area contributed by atoms with Gasteiger partial charge in [-0.15, -0.1) is 0 Å². The smallest absolute Gasteiger partial charge is 0.313 e. The molecule has 0 aromatic heterocycles. The number of carbonyl (C=O) groups is 1. The van der Waals surface area contributed by atoms with Gasteiger partial charge in [0, 0.05) is 4.47 Å². The fourth-order valence-corrected chi connectivity index (χ4v) is 3.23. The van der Waals surface area contributed by atoms with E-state index in [9.17, 15) is 4.79 Å². The van der Waals surface area contributed by atoms with Gasteiger partial charge in [-0.3, -0.25) is 4.79 Å². The van der Waals surface area contributed by atoms with Gasteiger partial charge in [0.05, 0.1) is 12.5 Å². The van der Waals surface area contributed by atoms with Crippen molar-refractivity contribution in [2.45, 2.75) is 19.3 Å². The molecule has 0 saturated carbocycles. The Hall–Kier alpha value is -1.61. The van der Waals surface area contributed by atoms with Crippen molar-refractivity contribution in [1.29, 1.82) is 0 Å². The number of hydrogen-bond donors (Lipinski definition) is 0. The maximum absolute atomic E-state index is 12.2. The van der Waals surface area contributed by atoms with Crippen LogP contribution in [0, 0.1) is 0 Å². The first kappa shape index (κ1) is 13.4. The van der Waals surface area contributed by atoms with Crippen molar-refractivity contribution in [2.24, 2.45) is 0 Å².